The minimum absolute atomic E-state index is 0.00154. The van der Waals surface area contributed by atoms with E-state index in [0.717, 1.165) is 6.42 Å². The summed E-state index contributed by atoms with van der Waals surface area (Å²) in [6, 6.07) is 6.49. The molecule has 0 unspecified atom stereocenters. The molecule has 1 saturated heterocycles. The molecule has 27 heavy (non-hydrogen) atoms. The molecule has 1 aromatic carbocycles. The first kappa shape index (κ1) is 21.7. The Balaban J connectivity index is 1.89. The van der Waals surface area contributed by atoms with E-state index < -0.39 is 10.0 Å². The monoisotopic (exact) mass is 398 g/mol. The van der Waals surface area contributed by atoms with E-state index in [4.69, 9.17) is 9.47 Å². The number of nitrogens with one attached hydrogen (secondary N) is 1. The molecule has 152 valence electrons. The van der Waals surface area contributed by atoms with E-state index in [9.17, 15) is 13.2 Å². The number of nitrogens with zero attached hydrogens (tertiary/aromatic N) is 1. The van der Waals surface area contributed by atoms with Crippen molar-refractivity contribution in [3.8, 4) is 5.75 Å². The molecule has 0 radical (unpaired) electrons. The summed E-state index contributed by atoms with van der Waals surface area (Å²) in [7, 11) is -1.92. The zero-order valence-corrected chi connectivity index (χ0v) is 17.1. The van der Waals surface area contributed by atoms with E-state index in [-0.39, 0.29) is 22.8 Å². The summed E-state index contributed by atoms with van der Waals surface area (Å²) in [4.78, 5) is 12.4. The molecule has 0 bridgehead atoms. The SMILES string of the molecule is COCCCNC(=O)C1CCN(S(=O)(=O)c2ccc(OC(C)C)cc2)CC1. The maximum atomic E-state index is 12.8. The van der Waals surface area contributed by atoms with Gasteiger partial charge in [0, 0.05) is 39.3 Å². The van der Waals surface area contributed by atoms with Crippen molar-refractivity contribution in [1.29, 1.82) is 0 Å². The summed E-state index contributed by atoms with van der Waals surface area (Å²) in [6.45, 7) is 5.73. The molecule has 1 aromatic rings. The van der Waals surface area contributed by atoms with Gasteiger partial charge >= 0.3 is 0 Å². The summed E-state index contributed by atoms with van der Waals surface area (Å²) in [6.07, 6.45) is 1.87. The fourth-order valence-electron chi connectivity index (χ4n) is 3.04. The van der Waals surface area contributed by atoms with E-state index in [1.165, 1.54) is 4.31 Å². The zero-order chi connectivity index (χ0) is 19.9. The number of amides is 1. The van der Waals surface area contributed by atoms with Gasteiger partial charge in [-0.3, -0.25) is 4.79 Å². The third-order valence-electron chi connectivity index (χ3n) is 4.48. The lowest BCUT2D eigenvalue weighted by Gasteiger charge is -2.30. The highest BCUT2D eigenvalue weighted by atomic mass is 32.2. The van der Waals surface area contributed by atoms with E-state index in [2.05, 4.69) is 5.32 Å². The molecule has 0 spiro atoms. The third-order valence-corrected chi connectivity index (χ3v) is 6.40. The average molecular weight is 399 g/mol. The van der Waals surface area contributed by atoms with Crippen molar-refractivity contribution >= 4 is 15.9 Å². The Morgan fingerprint density at radius 1 is 1.22 bits per heavy atom. The number of ether oxygens (including phenoxy) is 2. The van der Waals surface area contributed by atoms with Crippen molar-refractivity contribution < 1.29 is 22.7 Å². The molecule has 1 aliphatic rings. The number of methoxy groups -OCH3 is 1. The van der Waals surface area contributed by atoms with Crippen LogP contribution in [0, 0.1) is 5.92 Å². The highest BCUT2D eigenvalue weighted by Crippen LogP contribution is 2.25. The fraction of sp³-hybridized carbons (Fsp3) is 0.632. The molecule has 2 rings (SSSR count). The van der Waals surface area contributed by atoms with Crippen molar-refractivity contribution in [2.45, 2.75) is 44.1 Å². The van der Waals surface area contributed by atoms with E-state index in [1.54, 1.807) is 31.4 Å². The molecule has 0 aromatic heterocycles. The first-order chi connectivity index (χ1) is 12.8. The van der Waals surface area contributed by atoms with Gasteiger partial charge in [-0.15, -0.1) is 0 Å². The summed E-state index contributed by atoms with van der Waals surface area (Å²) >= 11 is 0. The number of hydrogen-bond donors (Lipinski definition) is 1. The van der Waals surface area contributed by atoms with Crippen LogP contribution in [0.4, 0.5) is 0 Å². The van der Waals surface area contributed by atoms with Gasteiger partial charge < -0.3 is 14.8 Å². The predicted octanol–water partition coefficient (Wildman–Crippen LogP) is 2.03. The molecular weight excluding hydrogens is 368 g/mol. The van der Waals surface area contributed by atoms with Crippen LogP contribution >= 0.6 is 0 Å². The minimum Gasteiger partial charge on any atom is -0.491 e. The van der Waals surface area contributed by atoms with E-state index in [1.807, 2.05) is 13.8 Å². The van der Waals surface area contributed by atoms with Crippen LogP contribution in [0.15, 0.2) is 29.2 Å². The summed E-state index contributed by atoms with van der Waals surface area (Å²) in [5.74, 6) is 0.506. The van der Waals surface area contributed by atoms with Crippen molar-refractivity contribution in [2.24, 2.45) is 5.92 Å². The van der Waals surface area contributed by atoms with E-state index >= 15 is 0 Å². The van der Waals surface area contributed by atoms with Crippen LogP contribution in [0.5, 0.6) is 5.75 Å². The molecule has 1 heterocycles. The van der Waals surface area contributed by atoms with Gasteiger partial charge in [-0.05, 0) is 57.4 Å². The Morgan fingerprint density at radius 3 is 2.41 bits per heavy atom. The number of rotatable bonds is 9. The standard InChI is InChI=1S/C19H30N2O5S/c1-15(2)26-17-5-7-18(8-6-17)27(23,24)21-12-9-16(10-13-21)19(22)20-11-4-14-25-3/h5-8,15-16H,4,9-14H2,1-3H3,(H,20,22). The normalized spacial score (nSPS) is 16.4. The van der Waals surface area contributed by atoms with Crippen LogP contribution in [0.1, 0.15) is 33.1 Å². The Morgan fingerprint density at radius 2 is 1.85 bits per heavy atom. The Hall–Kier alpha value is -1.64. The first-order valence-electron chi connectivity index (χ1n) is 9.38. The zero-order valence-electron chi connectivity index (χ0n) is 16.3. The lowest BCUT2D eigenvalue weighted by Crippen LogP contribution is -2.43. The molecule has 1 N–H and O–H groups in total. The van der Waals surface area contributed by atoms with Gasteiger partial charge in [0.15, 0.2) is 0 Å². The van der Waals surface area contributed by atoms with Crippen LogP contribution in [-0.4, -0.2) is 58.1 Å². The third kappa shape index (κ3) is 6.19. The summed E-state index contributed by atoms with van der Waals surface area (Å²) in [5.41, 5.74) is 0. The number of sulfonamides is 1. The minimum atomic E-state index is -3.55. The molecule has 7 nitrogen and oxygen atoms in total. The van der Waals surface area contributed by atoms with Gasteiger partial charge in [0.25, 0.3) is 0 Å². The summed E-state index contributed by atoms with van der Waals surface area (Å²) in [5, 5.41) is 2.89. The van der Waals surface area contributed by atoms with Crippen molar-refractivity contribution in [1.82, 2.24) is 9.62 Å². The highest BCUT2D eigenvalue weighted by Gasteiger charge is 2.31. The number of carbonyl (C=O) groups is 1. The van der Waals surface area contributed by atoms with Gasteiger partial charge in [0.05, 0.1) is 11.0 Å². The smallest absolute Gasteiger partial charge is 0.243 e. The lowest BCUT2D eigenvalue weighted by molar-refractivity contribution is -0.126. The maximum absolute atomic E-state index is 12.8. The second-order valence-electron chi connectivity index (χ2n) is 6.95. The number of carbonyl (C=O) groups excluding carboxylic acids is 1. The lowest BCUT2D eigenvalue weighted by atomic mass is 9.97. The van der Waals surface area contributed by atoms with Gasteiger partial charge in [-0.2, -0.15) is 4.31 Å². The van der Waals surface area contributed by atoms with Crippen LogP contribution < -0.4 is 10.1 Å². The molecule has 0 atom stereocenters. The second kappa shape index (κ2) is 10.1. The molecule has 0 aliphatic carbocycles. The van der Waals surface area contributed by atoms with Crippen molar-refractivity contribution in [3.63, 3.8) is 0 Å². The number of hydrogen-bond acceptors (Lipinski definition) is 5. The van der Waals surface area contributed by atoms with Crippen LogP contribution in [0.3, 0.4) is 0 Å². The second-order valence-corrected chi connectivity index (χ2v) is 8.89. The molecular formula is C19H30N2O5S. The quantitative estimate of drug-likeness (QED) is 0.644. The largest absolute Gasteiger partial charge is 0.491 e. The molecule has 1 amide bonds. The Kier molecular flexibility index (Phi) is 8.07. The summed E-state index contributed by atoms with van der Waals surface area (Å²) < 4.78 is 37.6. The van der Waals surface area contributed by atoms with Gasteiger partial charge in [0.1, 0.15) is 5.75 Å². The van der Waals surface area contributed by atoms with Crippen molar-refractivity contribution in [2.75, 3.05) is 33.4 Å². The van der Waals surface area contributed by atoms with E-state index in [0.29, 0.717) is 44.8 Å². The molecule has 1 aliphatic heterocycles. The number of benzene rings is 1. The van der Waals surface area contributed by atoms with Gasteiger partial charge in [-0.25, -0.2) is 8.42 Å². The Bertz CT molecular complexity index is 695. The Labute approximate surface area is 162 Å². The maximum Gasteiger partial charge on any atom is 0.243 e. The van der Waals surface area contributed by atoms with Crippen LogP contribution in [0.25, 0.3) is 0 Å². The van der Waals surface area contributed by atoms with Gasteiger partial charge in [-0.1, -0.05) is 0 Å². The van der Waals surface area contributed by atoms with Gasteiger partial charge in [0.2, 0.25) is 15.9 Å². The first-order valence-corrected chi connectivity index (χ1v) is 10.8. The average Bonchev–Trinajstić information content (AvgIpc) is 2.65. The van der Waals surface area contributed by atoms with Crippen molar-refractivity contribution in [3.05, 3.63) is 24.3 Å². The van der Waals surface area contributed by atoms with Crippen LogP contribution in [-0.2, 0) is 19.6 Å². The number of piperidine rings is 1. The topological polar surface area (TPSA) is 84.9 Å². The molecule has 8 heteroatoms. The van der Waals surface area contributed by atoms with Crippen LogP contribution in [0.2, 0.25) is 0 Å². The molecule has 0 saturated carbocycles. The predicted molar refractivity (Wildman–Crippen MR) is 103 cm³/mol. The molecule has 1 fully saturated rings. The fourth-order valence-corrected chi connectivity index (χ4v) is 4.51. The highest BCUT2D eigenvalue weighted by molar-refractivity contribution is 7.89.